The van der Waals surface area contributed by atoms with Gasteiger partial charge in [0.25, 0.3) is 0 Å². The summed E-state index contributed by atoms with van der Waals surface area (Å²) in [5, 5.41) is 0. The maximum absolute atomic E-state index is 13.2. The van der Waals surface area contributed by atoms with Gasteiger partial charge < -0.3 is 10.5 Å². The van der Waals surface area contributed by atoms with Gasteiger partial charge in [-0.1, -0.05) is 40.2 Å². The minimum absolute atomic E-state index is 0.275. The van der Waals surface area contributed by atoms with Gasteiger partial charge in [-0.15, -0.1) is 0 Å². The topological polar surface area (TPSA) is 35.2 Å². The first-order valence-electron chi connectivity index (χ1n) is 6.00. The third-order valence-electron chi connectivity index (χ3n) is 2.80. The van der Waals surface area contributed by atoms with Gasteiger partial charge in [-0.3, -0.25) is 0 Å². The molecule has 1 atom stereocenters. The fourth-order valence-corrected chi connectivity index (χ4v) is 2.05. The van der Waals surface area contributed by atoms with E-state index in [2.05, 4.69) is 15.9 Å². The molecular formula is C15H15BrFNO. The van der Waals surface area contributed by atoms with Crippen molar-refractivity contribution in [3.63, 3.8) is 0 Å². The van der Waals surface area contributed by atoms with Crippen molar-refractivity contribution in [1.82, 2.24) is 0 Å². The number of nitrogens with two attached hydrogens (primary N) is 1. The van der Waals surface area contributed by atoms with Crippen LogP contribution in [-0.4, -0.2) is 6.54 Å². The van der Waals surface area contributed by atoms with Gasteiger partial charge in [-0.05, 0) is 35.4 Å². The molecule has 4 heteroatoms. The number of hydrogen-bond donors (Lipinski definition) is 1. The highest BCUT2D eigenvalue weighted by atomic mass is 79.9. The van der Waals surface area contributed by atoms with E-state index in [0.29, 0.717) is 13.2 Å². The SMILES string of the molecule is NCC(OCc1ccc(Br)cc1)c1cccc(F)c1. The van der Waals surface area contributed by atoms with Gasteiger partial charge in [0.1, 0.15) is 5.82 Å². The second-order valence-corrected chi connectivity index (χ2v) is 5.13. The van der Waals surface area contributed by atoms with Gasteiger partial charge in [-0.25, -0.2) is 4.39 Å². The van der Waals surface area contributed by atoms with Crippen LogP contribution in [0.4, 0.5) is 4.39 Å². The van der Waals surface area contributed by atoms with Crippen LogP contribution in [0.2, 0.25) is 0 Å². The van der Waals surface area contributed by atoms with Gasteiger partial charge in [-0.2, -0.15) is 0 Å². The summed E-state index contributed by atoms with van der Waals surface area (Å²) in [6, 6.07) is 14.2. The molecule has 100 valence electrons. The molecule has 0 aliphatic heterocycles. The van der Waals surface area contributed by atoms with Crippen molar-refractivity contribution < 1.29 is 9.13 Å². The molecule has 0 aliphatic rings. The molecule has 0 aliphatic carbocycles. The summed E-state index contributed by atoms with van der Waals surface area (Å²) < 4.78 is 19.9. The van der Waals surface area contributed by atoms with E-state index in [1.807, 2.05) is 30.3 Å². The Morgan fingerprint density at radius 2 is 1.89 bits per heavy atom. The lowest BCUT2D eigenvalue weighted by atomic mass is 10.1. The van der Waals surface area contributed by atoms with E-state index in [9.17, 15) is 4.39 Å². The number of ether oxygens (including phenoxy) is 1. The first-order valence-corrected chi connectivity index (χ1v) is 6.80. The maximum atomic E-state index is 13.2. The van der Waals surface area contributed by atoms with Crippen LogP contribution in [0.3, 0.4) is 0 Å². The fraction of sp³-hybridized carbons (Fsp3) is 0.200. The third-order valence-corrected chi connectivity index (χ3v) is 3.33. The van der Waals surface area contributed by atoms with Gasteiger partial charge in [0.2, 0.25) is 0 Å². The Balaban J connectivity index is 2.01. The van der Waals surface area contributed by atoms with Crippen LogP contribution in [0.1, 0.15) is 17.2 Å². The lowest BCUT2D eigenvalue weighted by molar-refractivity contribution is 0.0454. The van der Waals surface area contributed by atoms with Crippen molar-refractivity contribution in [1.29, 1.82) is 0 Å². The molecule has 0 fully saturated rings. The minimum atomic E-state index is -0.292. The fourth-order valence-electron chi connectivity index (χ4n) is 1.78. The van der Waals surface area contributed by atoms with Crippen molar-refractivity contribution in [2.45, 2.75) is 12.7 Å². The molecule has 2 nitrogen and oxygen atoms in total. The quantitative estimate of drug-likeness (QED) is 0.908. The summed E-state index contributed by atoms with van der Waals surface area (Å²) >= 11 is 3.38. The van der Waals surface area contributed by atoms with Crippen LogP contribution in [0.5, 0.6) is 0 Å². The molecule has 2 rings (SSSR count). The normalized spacial score (nSPS) is 12.4. The Kier molecular flexibility index (Phi) is 5.07. The average Bonchev–Trinajstić information content (AvgIpc) is 2.42. The van der Waals surface area contributed by atoms with Crippen molar-refractivity contribution in [3.05, 3.63) is 69.9 Å². The van der Waals surface area contributed by atoms with Crippen LogP contribution >= 0.6 is 15.9 Å². The molecule has 0 aromatic heterocycles. The molecular weight excluding hydrogens is 309 g/mol. The van der Waals surface area contributed by atoms with E-state index in [1.165, 1.54) is 12.1 Å². The molecule has 0 heterocycles. The third kappa shape index (κ3) is 4.13. The molecule has 0 spiro atoms. The predicted molar refractivity (Wildman–Crippen MR) is 77.1 cm³/mol. The van der Waals surface area contributed by atoms with Crippen LogP contribution in [0.25, 0.3) is 0 Å². The van der Waals surface area contributed by atoms with E-state index in [4.69, 9.17) is 10.5 Å². The van der Waals surface area contributed by atoms with E-state index in [1.54, 1.807) is 6.07 Å². The van der Waals surface area contributed by atoms with E-state index in [-0.39, 0.29) is 11.9 Å². The molecule has 19 heavy (non-hydrogen) atoms. The van der Waals surface area contributed by atoms with Crippen LogP contribution < -0.4 is 5.73 Å². The van der Waals surface area contributed by atoms with Crippen LogP contribution in [0, 0.1) is 5.82 Å². The molecule has 2 N–H and O–H groups in total. The van der Waals surface area contributed by atoms with Crippen LogP contribution in [-0.2, 0) is 11.3 Å². The van der Waals surface area contributed by atoms with Crippen LogP contribution in [0.15, 0.2) is 53.0 Å². The Labute approximate surface area is 120 Å². The molecule has 1 unspecified atom stereocenters. The highest BCUT2D eigenvalue weighted by molar-refractivity contribution is 9.10. The zero-order valence-corrected chi connectivity index (χ0v) is 11.9. The Bertz CT molecular complexity index is 530. The summed E-state index contributed by atoms with van der Waals surface area (Å²) in [6.45, 7) is 0.769. The molecule has 2 aromatic rings. The Morgan fingerprint density at radius 1 is 1.16 bits per heavy atom. The predicted octanol–water partition coefficient (Wildman–Crippen LogP) is 3.80. The summed E-state index contributed by atoms with van der Waals surface area (Å²) in [7, 11) is 0. The number of benzene rings is 2. The molecule has 0 saturated carbocycles. The minimum Gasteiger partial charge on any atom is -0.368 e. The zero-order valence-electron chi connectivity index (χ0n) is 10.4. The van der Waals surface area contributed by atoms with Crippen molar-refractivity contribution in [3.8, 4) is 0 Å². The Morgan fingerprint density at radius 3 is 2.53 bits per heavy atom. The number of rotatable bonds is 5. The monoisotopic (exact) mass is 323 g/mol. The summed E-state index contributed by atoms with van der Waals surface area (Å²) in [5.74, 6) is -0.275. The summed E-state index contributed by atoms with van der Waals surface area (Å²) in [4.78, 5) is 0. The molecule has 0 bridgehead atoms. The van der Waals surface area contributed by atoms with Gasteiger partial charge in [0.05, 0.1) is 12.7 Å². The van der Waals surface area contributed by atoms with Gasteiger partial charge in [0, 0.05) is 11.0 Å². The summed E-state index contributed by atoms with van der Waals surface area (Å²) in [6.07, 6.45) is -0.292. The Hall–Kier alpha value is -1.23. The lowest BCUT2D eigenvalue weighted by Crippen LogP contribution is -2.16. The molecule has 0 amide bonds. The first-order chi connectivity index (χ1) is 9.19. The second-order valence-electron chi connectivity index (χ2n) is 4.22. The molecule has 2 aromatic carbocycles. The second kappa shape index (κ2) is 6.80. The standard InChI is InChI=1S/C15H15BrFNO/c16-13-6-4-11(5-7-13)10-19-15(9-18)12-2-1-3-14(17)8-12/h1-8,15H,9-10,18H2. The zero-order chi connectivity index (χ0) is 13.7. The van der Waals surface area contributed by atoms with E-state index >= 15 is 0 Å². The lowest BCUT2D eigenvalue weighted by Gasteiger charge is -2.16. The largest absolute Gasteiger partial charge is 0.368 e. The highest BCUT2D eigenvalue weighted by Crippen LogP contribution is 2.19. The van der Waals surface area contributed by atoms with Crippen molar-refractivity contribution >= 4 is 15.9 Å². The van der Waals surface area contributed by atoms with Crippen molar-refractivity contribution in [2.24, 2.45) is 5.73 Å². The highest BCUT2D eigenvalue weighted by Gasteiger charge is 2.11. The average molecular weight is 324 g/mol. The maximum Gasteiger partial charge on any atom is 0.123 e. The van der Waals surface area contributed by atoms with Gasteiger partial charge >= 0.3 is 0 Å². The number of hydrogen-bond acceptors (Lipinski definition) is 2. The molecule has 0 saturated heterocycles. The van der Waals surface area contributed by atoms with E-state index in [0.717, 1.165) is 15.6 Å². The van der Waals surface area contributed by atoms with Crippen molar-refractivity contribution in [2.75, 3.05) is 6.54 Å². The smallest absolute Gasteiger partial charge is 0.123 e. The van der Waals surface area contributed by atoms with E-state index < -0.39 is 0 Å². The summed E-state index contributed by atoms with van der Waals surface area (Å²) in [5.41, 5.74) is 7.51. The van der Waals surface area contributed by atoms with Gasteiger partial charge in [0.15, 0.2) is 0 Å². The molecule has 0 radical (unpaired) electrons. The number of halogens is 2. The first kappa shape index (κ1) is 14.2.